The van der Waals surface area contributed by atoms with Gasteiger partial charge in [0.25, 0.3) is 0 Å². The minimum atomic E-state index is -0.0161. The lowest BCUT2D eigenvalue weighted by atomic mass is 10.1. The molecule has 0 atom stereocenters. The standard InChI is InChI=1S/C12H18N2O2/c1-10(2)3-7-16-8-4-12(15)11-9-13-5-6-14-11/h5-6,9-10H,3-4,7-8H2,1-2H3. The average Bonchev–Trinajstić information content (AvgIpc) is 2.29. The maximum Gasteiger partial charge on any atom is 0.185 e. The molecule has 1 rings (SSSR count). The second-order valence-corrected chi connectivity index (χ2v) is 4.06. The zero-order chi connectivity index (χ0) is 11.8. The molecule has 88 valence electrons. The molecular weight excluding hydrogens is 204 g/mol. The molecule has 0 aliphatic carbocycles. The Kier molecular flexibility index (Phi) is 5.64. The summed E-state index contributed by atoms with van der Waals surface area (Å²) in [5, 5.41) is 0. The Balaban J connectivity index is 2.16. The van der Waals surface area contributed by atoms with Crippen molar-refractivity contribution in [1.82, 2.24) is 9.97 Å². The number of hydrogen-bond donors (Lipinski definition) is 0. The lowest BCUT2D eigenvalue weighted by Crippen LogP contribution is -2.08. The number of carbonyl (C=O) groups is 1. The zero-order valence-electron chi connectivity index (χ0n) is 9.85. The Morgan fingerprint density at radius 1 is 1.38 bits per heavy atom. The normalized spacial score (nSPS) is 10.7. The number of hydrogen-bond acceptors (Lipinski definition) is 4. The molecule has 0 amide bonds. The molecule has 0 fully saturated rings. The van der Waals surface area contributed by atoms with Crippen molar-refractivity contribution < 1.29 is 9.53 Å². The number of carbonyl (C=O) groups excluding carboxylic acids is 1. The van der Waals surface area contributed by atoms with E-state index in [1.54, 1.807) is 6.20 Å². The number of nitrogens with zero attached hydrogens (tertiary/aromatic N) is 2. The van der Waals surface area contributed by atoms with Crippen molar-refractivity contribution in [3.63, 3.8) is 0 Å². The monoisotopic (exact) mass is 222 g/mol. The van der Waals surface area contributed by atoms with E-state index < -0.39 is 0 Å². The molecule has 4 nitrogen and oxygen atoms in total. The molecule has 4 heteroatoms. The largest absolute Gasteiger partial charge is 0.381 e. The molecule has 16 heavy (non-hydrogen) atoms. The van der Waals surface area contributed by atoms with Crippen LogP contribution in [0.5, 0.6) is 0 Å². The van der Waals surface area contributed by atoms with Gasteiger partial charge in [0.1, 0.15) is 5.69 Å². The van der Waals surface area contributed by atoms with Crippen LogP contribution >= 0.6 is 0 Å². The second-order valence-electron chi connectivity index (χ2n) is 4.06. The first-order chi connectivity index (χ1) is 7.70. The molecule has 0 N–H and O–H groups in total. The van der Waals surface area contributed by atoms with Crippen molar-refractivity contribution >= 4 is 5.78 Å². The van der Waals surface area contributed by atoms with Crippen LogP contribution in [-0.2, 0) is 4.74 Å². The van der Waals surface area contributed by atoms with E-state index in [1.807, 2.05) is 0 Å². The summed E-state index contributed by atoms with van der Waals surface area (Å²) in [4.78, 5) is 19.3. The first-order valence-corrected chi connectivity index (χ1v) is 5.57. The third kappa shape index (κ3) is 4.98. The fourth-order valence-corrected chi connectivity index (χ4v) is 1.16. The summed E-state index contributed by atoms with van der Waals surface area (Å²) in [6, 6.07) is 0. The summed E-state index contributed by atoms with van der Waals surface area (Å²) in [5.41, 5.74) is 0.412. The number of Topliss-reactive ketones (excluding diaryl/α,β-unsaturated/α-hetero) is 1. The Morgan fingerprint density at radius 3 is 2.81 bits per heavy atom. The Bertz CT molecular complexity index is 312. The van der Waals surface area contributed by atoms with E-state index in [-0.39, 0.29) is 5.78 Å². The predicted molar refractivity (Wildman–Crippen MR) is 61.3 cm³/mol. The minimum Gasteiger partial charge on any atom is -0.381 e. The van der Waals surface area contributed by atoms with Crippen LogP contribution in [0.4, 0.5) is 0 Å². The number of rotatable bonds is 7. The number of ketones is 1. The van der Waals surface area contributed by atoms with Gasteiger partial charge in [-0.05, 0) is 12.3 Å². The summed E-state index contributed by atoms with van der Waals surface area (Å²) in [7, 11) is 0. The smallest absolute Gasteiger partial charge is 0.185 e. The van der Waals surface area contributed by atoms with Gasteiger partial charge < -0.3 is 4.74 Å². The fraction of sp³-hybridized carbons (Fsp3) is 0.583. The average molecular weight is 222 g/mol. The Morgan fingerprint density at radius 2 is 2.19 bits per heavy atom. The third-order valence-electron chi connectivity index (χ3n) is 2.16. The van der Waals surface area contributed by atoms with Crippen LogP contribution in [-0.4, -0.2) is 29.0 Å². The summed E-state index contributed by atoms with van der Waals surface area (Å²) in [6.45, 7) is 5.47. The maximum atomic E-state index is 11.6. The second kappa shape index (κ2) is 7.06. The molecule has 1 aromatic rings. The van der Waals surface area contributed by atoms with Crippen molar-refractivity contribution in [3.05, 3.63) is 24.3 Å². The van der Waals surface area contributed by atoms with Gasteiger partial charge in [-0.15, -0.1) is 0 Å². The molecule has 0 aromatic carbocycles. The lowest BCUT2D eigenvalue weighted by Gasteiger charge is -2.05. The van der Waals surface area contributed by atoms with Gasteiger partial charge in [-0.3, -0.25) is 9.78 Å². The molecule has 1 aromatic heterocycles. The van der Waals surface area contributed by atoms with Crippen LogP contribution < -0.4 is 0 Å². The van der Waals surface area contributed by atoms with E-state index in [1.165, 1.54) is 12.4 Å². The van der Waals surface area contributed by atoms with E-state index in [9.17, 15) is 4.79 Å². The van der Waals surface area contributed by atoms with Crippen molar-refractivity contribution in [2.45, 2.75) is 26.7 Å². The van der Waals surface area contributed by atoms with Gasteiger partial charge in [-0.2, -0.15) is 0 Å². The van der Waals surface area contributed by atoms with Crippen molar-refractivity contribution in [1.29, 1.82) is 0 Å². The summed E-state index contributed by atoms with van der Waals surface area (Å²) in [5.74, 6) is 0.619. The van der Waals surface area contributed by atoms with Crippen LogP contribution in [0.25, 0.3) is 0 Å². The zero-order valence-corrected chi connectivity index (χ0v) is 9.85. The SMILES string of the molecule is CC(C)CCOCCC(=O)c1cnccn1. The van der Waals surface area contributed by atoms with E-state index >= 15 is 0 Å². The van der Waals surface area contributed by atoms with Crippen LogP contribution in [0.15, 0.2) is 18.6 Å². The van der Waals surface area contributed by atoms with Gasteiger partial charge in [0.2, 0.25) is 0 Å². The van der Waals surface area contributed by atoms with Crippen molar-refractivity contribution in [3.8, 4) is 0 Å². The van der Waals surface area contributed by atoms with E-state index in [2.05, 4.69) is 23.8 Å². The topological polar surface area (TPSA) is 52.1 Å². The number of ether oxygens (including phenoxy) is 1. The third-order valence-corrected chi connectivity index (χ3v) is 2.16. The van der Waals surface area contributed by atoms with E-state index in [0.717, 1.165) is 6.42 Å². The highest BCUT2D eigenvalue weighted by Crippen LogP contribution is 2.01. The molecule has 0 bridgehead atoms. The molecule has 0 saturated heterocycles. The molecule has 0 aliphatic heterocycles. The van der Waals surface area contributed by atoms with E-state index in [0.29, 0.717) is 31.2 Å². The highest BCUT2D eigenvalue weighted by atomic mass is 16.5. The van der Waals surface area contributed by atoms with Crippen LogP contribution in [0.2, 0.25) is 0 Å². The summed E-state index contributed by atoms with van der Waals surface area (Å²) >= 11 is 0. The number of aromatic nitrogens is 2. The summed E-state index contributed by atoms with van der Waals surface area (Å²) in [6.07, 6.45) is 5.95. The lowest BCUT2D eigenvalue weighted by molar-refractivity contribution is 0.0856. The van der Waals surface area contributed by atoms with Gasteiger partial charge in [0.05, 0.1) is 12.8 Å². The van der Waals surface area contributed by atoms with Crippen LogP contribution in [0.3, 0.4) is 0 Å². The molecule has 0 aliphatic rings. The van der Waals surface area contributed by atoms with Gasteiger partial charge in [0.15, 0.2) is 5.78 Å². The first-order valence-electron chi connectivity index (χ1n) is 5.57. The first kappa shape index (κ1) is 12.8. The van der Waals surface area contributed by atoms with Gasteiger partial charge in [0, 0.05) is 25.4 Å². The predicted octanol–water partition coefficient (Wildman–Crippen LogP) is 2.11. The molecule has 1 heterocycles. The minimum absolute atomic E-state index is 0.0161. The molecule has 0 unspecified atom stereocenters. The Labute approximate surface area is 96.1 Å². The fourth-order valence-electron chi connectivity index (χ4n) is 1.16. The quantitative estimate of drug-likeness (QED) is 0.523. The molecule has 0 radical (unpaired) electrons. The Hall–Kier alpha value is -1.29. The maximum absolute atomic E-state index is 11.6. The molecule has 0 spiro atoms. The molecular formula is C12H18N2O2. The van der Waals surface area contributed by atoms with E-state index in [4.69, 9.17) is 4.74 Å². The van der Waals surface area contributed by atoms with Crippen LogP contribution in [0.1, 0.15) is 37.2 Å². The van der Waals surface area contributed by atoms with Crippen molar-refractivity contribution in [2.24, 2.45) is 5.92 Å². The van der Waals surface area contributed by atoms with Gasteiger partial charge in [-0.25, -0.2) is 4.98 Å². The molecule has 0 saturated carbocycles. The van der Waals surface area contributed by atoms with Crippen molar-refractivity contribution in [2.75, 3.05) is 13.2 Å². The van der Waals surface area contributed by atoms with Crippen LogP contribution in [0, 0.1) is 5.92 Å². The summed E-state index contributed by atoms with van der Waals surface area (Å²) < 4.78 is 5.37. The highest BCUT2D eigenvalue weighted by molar-refractivity contribution is 5.93. The highest BCUT2D eigenvalue weighted by Gasteiger charge is 2.06. The van der Waals surface area contributed by atoms with Gasteiger partial charge in [-0.1, -0.05) is 13.8 Å². The van der Waals surface area contributed by atoms with Gasteiger partial charge >= 0.3 is 0 Å².